The predicted octanol–water partition coefficient (Wildman–Crippen LogP) is 1.39. The number of piperidine rings is 2. The van der Waals surface area contributed by atoms with Crippen LogP contribution in [-0.4, -0.2) is 52.7 Å². The van der Waals surface area contributed by atoms with Crippen LogP contribution in [0.3, 0.4) is 0 Å². The lowest BCUT2D eigenvalue weighted by atomic mass is 9.93. The van der Waals surface area contributed by atoms with Crippen LogP contribution >= 0.6 is 0 Å². The maximum Gasteiger partial charge on any atom is 0.282 e. The molecule has 22 heavy (non-hydrogen) atoms. The van der Waals surface area contributed by atoms with Gasteiger partial charge in [-0.15, -0.1) is 0 Å². The van der Waals surface area contributed by atoms with Crippen molar-refractivity contribution < 1.29 is 8.42 Å². The number of H-pyrrole nitrogens is 1. The maximum absolute atomic E-state index is 12.8. The molecule has 7 heteroatoms. The molecule has 2 aliphatic heterocycles. The molecule has 4 rings (SSSR count). The van der Waals surface area contributed by atoms with Gasteiger partial charge in [0.25, 0.3) is 10.2 Å². The summed E-state index contributed by atoms with van der Waals surface area (Å²) in [7, 11) is -3.23. The minimum absolute atomic E-state index is 0.276. The number of nitrogens with zero attached hydrogens (tertiary/aromatic N) is 3. The summed E-state index contributed by atoms with van der Waals surface area (Å²) in [6.07, 6.45) is 9.78. The summed E-state index contributed by atoms with van der Waals surface area (Å²) in [5.41, 5.74) is 1.15. The fourth-order valence-electron chi connectivity index (χ4n) is 4.36. The van der Waals surface area contributed by atoms with Crippen molar-refractivity contribution in [2.75, 3.05) is 19.6 Å². The number of rotatable bonds is 4. The zero-order valence-corrected chi connectivity index (χ0v) is 13.6. The van der Waals surface area contributed by atoms with Crippen molar-refractivity contribution in [3.05, 3.63) is 18.2 Å². The van der Waals surface area contributed by atoms with E-state index in [4.69, 9.17) is 0 Å². The third kappa shape index (κ3) is 2.59. The monoisotopic (exact) mass is 324 g/mol. The molecule has 3 heterocycles. The van der Waals surface area contributed by atoms with Gasteiger partial charge in [0.1, 0.15) is 0 Å². The number of fused-ring (bicyclic) bond motifs is 2. The highest BCUT2D eigenvalue weighted by molar-refractivity contribution is 7.86. The van der Waals surface area contributed by atoms with E-state index in [9.17, 15) is 8.42 Å². The lowest BCUT2D eigenvalue weighted by Crippen LogP contribution is -2.49. The third-order valence-corrected chi connectivity index (χ3v) is 7.68. The minimum Gasteiger partial charge on any atom is -0.348 e. The van der Waals surface area contributed by atoms with Crippen LogP contribution in [0.15, 0.2) is 12.5 Å². The van der Waals surface area contributed by atoms with Crippen LogP contribution in [-0.2, 0) is 16.6 Å². The molecule has 0 aromatic carbocycles. The van der Waals surface area contributed by atoms with Gasteiger partial charge in [-0.1, -0.05) is 0 Å². The fraction of sp³-hybridized carbons (Fsp3) is 0.800. The Hall–Kier alpha value is -0.920. The van der Waals surface area contributed by atoms with Crippen molar-refractivity contribution in [2.45, 2.75) is 44.6 Å². The number of nitrogens with one attached hydrogen (secondary N) is 1. The van der Waals surface area contributed by atoms with E-state index in [-0.39, 0.29) is 6.04 Å². The summed E-state index contributed by atoms with van der Waals surface area (Å²) in [4.78, 5) is 7.19. The first-order chi connectivity index (χ1) is 10.6. The quantitative estimate of drug-likeness (QED) is 0.910. The molecule has 0 radical (unpaired) electrons. The minimum atomic E-state index is -3.23. The molecule has 6 nitrogen and oxygen atoms in total. The molecule has 1 aliphatic carbocycles. The van der Waals surface area contributed by atoms with Gasteiger partial charge in [0.05, 0.1) is 6.33 Å². The Kier molecular flexibility index (Phi) is 3.74. The molecule has 3 fully saturated rings. The van der Waals surface area contributed by atoms with Gasteiger partial charge < -0.3 is 4.98 Å². The van der Waals surface area contributed by atoms with Crippen molar-refractivity contribution in [1.82, 2.24) is 18.6 Å². The molecule has 1 N–H and O–H groups in total. The Morgan fingerprint density at radius 1 is 1.23 bits per heavy atom. The van der Waals surface area contributed by atoms with E-state index >= 15 is 0 Å². The zero-order chi connectivity index (χ0) is 15.2. The normalized spacial score (nSPS) is 31.1. The van der Waals surface area contributed by atoms with Crippen molar-refractivity contribution in [3.63, 3.8) is 0 Å². The van der Waals surface area contributed by atoms with Gasteiger partial charge in [0.15, 0.2) is 0 Å². The first-order valence-corrected chi connectivity index (χ1v) is 9.77. The lowest BCUT2D eigenvalue weighted by Gasteiger charge is -2.36. The lowest BCUT2D eigenvalue weighted by molar-refractivity contribution is 0.240. The van der Waals surface area contributed by atoms with E-state index in [1.165, 1.54) is 6.42 Å². The van der Waals surface area contributed by atoms with Crippen molar-refractivity contribution >= 4 is 10.2 Å². The summed E-state index contributed by atoms with van der Waals surface area (Å²) in [5, 5.41) is 0. The highest BCUT2D eigenvalue weighted by Gasteiger charge is 2.46. The smallest absolute Gasteiger partial charge is 0.282 e. The van der Waals surface area contributed by atoms with Crippen molar-refractivity contribution in [3.8, 4) is 0 Å². The van der Waals surface area contributed by atoms with Gasteiger partial charge in [-0.3, -0.25) is 0 Å². The summed E-state index contributed by atoms with van der Waals surface area (Å²) < 4.78 is 29.2. The molecule has 122 valence electrons. The van der Waals surface area contributed by atoms with Gasteiger partial charge in [0, 0.05) is 37.6 Å². The maximum atomic E-state index is 12.8. The third-order valence-electron chi connectivity index (χ3n) is 5.62. The van der Waals surface area contributed by atoms with Gasteiger partial charge in [0.2, 0.25) is 0 Å². The standard InChI is InChI=1S/C15H24N4O2S/c20-22(21,19-10-13-1-2-15(19)8-13)18-5-3-12(4-6-18)7-14-9-16-11-17-14/h9,11-13,15H,1-8,10H2,(H,16,17). The molecule has 0 amide bonds. The predicted molar refractivity (Wildman–Crippen MR) is 83.3 cm³/mol. The highest BCUT2D eigenvalue weighted by Crippen LogP contribution is 2.40. The second kappa shape index (κ2) is 5.62. The van der Waals surface area contributed by atoms with Crippen LogP contribution in [0, 0.1) is 11.8 Å². The molecule has 2 atom stereocenters. The summed E-state index contributed by atoms with van der Waals surface area (Å²) in [6, 6.07) is 0.276. The largest absolute Gasteiger partial charge is 0.348 e. The topological polar surface area (TPSA) is 69.3 Å². The number of hydrogen-bond donors (Lipinski definition) is 1. The van der Waals surface area contributed by atoms with Crippen LogP contribution in [0.5, 0.6) is 0 Å². The van der Waals surface area contributed by atoms with Crippen LogP contribution in [0.25, 0.3) is 0 Å². The molecule has 2 bridgehead atoms. The van der Waals surface area contributed by atoms with Crippen molar-refractivity contribution in [2.24, 2.45) is 11.8 Å². The van der Waals surface area contributed by atoms with Crippen molar-refractivity contribution in [1.29, 1.82) is 0 Å². The molecule has 2 saturated heterocycles. The average molecular weight is 324 g/mol. The van der Waals surface area contributed by atoms with E-state index in [2.05, 4.69) is 9.97 Å². The Morgan fingerprint density at radius 2 is 2.05 bits per heavy atom. The number of hydrogen-bond acceptors (Lipinski definition) is 3. The molecule has 0 spiro atoms. The Balaban J connectivity index is 1.36. The van der Waals surface area contributed by atoms with Crippen LogP contribution in [0.2, 0.25) is 0 Å². The van der Waals surface area contributed by atoms with Crippen LogP contribution < -0.4 is 0 Å². The Labute approximate surface area is 132 Å². The Bertz CT molecular complexity index is 607. The van der Waals surface area contributed by atoms with E-state index in [0.29, 0.717) is 24.9 Å². The average Bonchev–Trinajstić information content (AvgIpc) is 3.25. The second-order valence-corrected chi connectivity index (χ2v) is 8.91. The van der Waals surface area contributed by atoms with E-state index in [1.54, 1.807) is 14.9 Å². The molecule has 1 aromatic rings. The van der Waals surface area contributed by atoms with Crippen LogP contribution in [0.1, 0.15) is 37.8 Å². The van der Waals surface area contributed by atoms with Gasteiger partial charge in [-0.2, -0.15) is 17.0 Å². The second-order valence-electron chi connectivity index (χ2n) is 7.03. The first kappa shape index (κ1) is 14.7. The number of aromatic amines is 1. The number of imidazole rings is 1. The van der Waals surface area contributed by atoms with Gasteiger partial charge in [-0.25, -0.2) is 4.98 Å². The molecular formula is C15H24N4O2S. The number of aromatic nitrogens is 2. The summed E-state index contributed by atoms with van der Waals surface area (Å²) in [6.45, 7) is 2.07. The first-order valence-electron chi connectivity index (χ1n) is 8.37. The molecule has 3 aliphatic rings. The van der Waals surface area contributed by atoms with Gasteiger partial charge >= 0.3 is 0 Å². The zero-order valence-electron chi connectivity index (χ0n) is 12.8. The molecule has 2 unspecified atom stereocenters. The summed E-state index contributed by atoms with van der Waals surface area (Å²) in [5.74, 6) is 1.17. The highest BCUT2D eigenvalue weighted by atomic mass is 32.2. The Morgan fingerprint density at radius 3 is 2.64 bits per heavy atom. The van der Waals surface area contributed by atoms with Gasteiger partial charge in [-0.05, 0) is 50.4 Å². The van der Waals surface area contributed by atoms with E-state index in [1.807, 2.05) is 6.20 Å². The fourth-order valence-corrected chi connectivity index (χ4v) is 6.30. The van der Waals surface area contributed by atoms with E-state index < -0.39 is 10.2 Å². The molecule has 1 aromatic heterocycles. The SMILES string of the molecule is O=S(=O)(N1CCC(Cc2cnc[nH]2)CC1)N1CC2CCC1C2. The molecular weight excluding hydrogens is 300 g/mol. The van der Waals surface area contributed by atoms with E-state index in [0.717, 1.165) is 44.3 Å². The van der Waals surface area contributed by atoms with Crippen LogP contribution in [0.4, 0.5) is 0 Å². The summed E-state index contributed by atoms with van der Waals surface area (Å²) >= 11 is 0. The molecule has 1 saturated carbocycles.